The number of aryl methyl sites for hydroxylation is 1. The summed E-state index contributed by atoms with van der Waals surface area (Å²) in [6.45, 7) is 2.03. The summed E-state index contributed by atoms with van der Waals surface area (Å²) in [5.41, 5.74) is 4.11. The fraction of sp³-hybridized carbons (Fsp3) is 0.462. The molecule has 0 unspecified atom stereocenters. The van der Waals surface area contributed by atoms with Crippen LogP contribution < -0.4 is 14.9 Å². The standard InChI is InChI=1S/C26H31N3O4S/c1-17-15-20-16-21(11-12-24(20)29(17)26(31)19-9-10-19)34(32,33)27-14-13-25(30)28-23-8-4-6-18-5-2-3-7-22(18)23/h2-3,5,7,11-12,16-17,19,23,27H,4,6,8-10,13-15H2,1H3,(H,28,30)/t17-,23-/m0/s1. The summed E-state index contributed by atoms with van der Waals surface area (Å²) in [4.78, 5) is 27.1. The Morgan fingerprint density at radius 2 is 1.85 bits per heavy atom. The molecule has 2 aliphatic carbocycles. The van der Waals surface area contributed by atoms with Gasteiger partial charge >= 0.3 is 0 Å². The third kappa shape index (κ3) is 4.61. The number of rotatable bonds is 7. The molecule has 0 radical (unpaired) electrons. The molecule has 0 saturated heterocycles. The van der Waals surface area contributed by atoms with Crippen molar-refractivity contribution in [1.82, 2.24) is 10.0 Å². The highest BCUT2D eigenvalue weighted by Gasteiger charge is 2.39. The van der Waals surface area contributed by atoms with E-state index in [1.54, 1.807) is 18.2 Å². The van der Waals surface area contributed by atoms with E-state index in [0.717, 1.165) is 48.9 Å². The van der Waals surface area contributed by atoms with E-state index in [1.807, 2.05) is 24.0 Å². The van der Waals surface area contributed by atoms with Crippen molar-refractivity contribution in [3.8, 4) is 0 Å². The molecule has 5 rings (SSSR count). The van der Waals surface area contributed by atoms with Crippen molar-refractivity contribution in [1.29, 1.82) is 0 Å². The van der Waals surface area contributed by atoms with Gasteiger partial charge in [0.25, 0.3) is 0 Å². The predicted octanol–water partition coefficient (Wildman–Crippen LogP) is 3.24. The monoisotopic (exact) mass is 481 g/mol. The molecule has 2 amide bonds. The first-order valence-electron chi connectivity index (χ1n) is 12.2. The number of fused-ring (bicyclic) bond motifs is 2. The number of nitrogens with zero attached hydrogens (tertiary/aromatic N) is 1. The van der Waals surface area contributed by atoms with Gasteiger partial charge in [0.15, 0.2) is 0 Å². The van der Waals surface area contributed by atoms with Crippen LogP contribution in [0.3, 0.4) is 0 Å². The van der Waals surface area contributed by atoms with Crippen molar-refractivity contribution < 1.29 is 18.0 Å². The normalized spacial score (nSPS) is 21.6. The number of amides is 2. The molecule has 7 nitrogen and oxygen atoms in total. The molecule has 1 heterocycles. The molecule has 3 aliphatic rings. The lowest BCUT2D eigenvalue weighted by molar-refractivity contribution is -0.122. The Hall–Kier alpha value is -2.71. The first-order valence-corrected chi connectivity index (χ1v) is 13.6. The second-order valence-corrected chi connectivity index (χ2v) is 11.5. The number of nitrogens with one attached hydrogen (secondary N) is 2. The number of carbonyl (C=O) groups excluding carboxylic acids is 2. The molecule has 0 spiro atoms. The fourth-order valence-electron chi connectivity index (χ4n) is 5.19. The molecular formula is C26H31N3O4S. The van der Waals surface area contributed by atoms with Crippen LogP contribution in [0, 0.1) is 5.92 Å². The van der Waals surface area contributed by atoms with Crippen molar-refractivity contribution in [3.63, 3.8) is 0 Å². The summed E-state index contributed by atoms with van der Waals surface area (Å²) >= 11 is 0. The average molecular weight is 482 g/mol. The third-order valence-electron chi connectivity index (χ3n) is 7.09. The first-order chi connectivity index (χ1) is 16.3. The van der Waals surface area contributed by atoms with Crippen LogP contribution in [-0.2, 0) is 32.5 Å². The van der Waals surface area contributed by atoms with Crippen LogP contribution in [0.2, 0.25) is 0 Å². The second-order valence-electron chi connectivity index (χ2n) is 9.69. The highest BCUT2D eigenvalue weighted by molar-refractivity contribution is 7.89. The fourth-order valence-corrected chi connectivity index (χ4v) is 6.27. The lowest BCUT2D eigenvalue weighted by Crippen LogP contribution is -2.36. The molecule has 2 atom stereocenters. The Kier molecular flexibility index (Phi) is 6.20. The SMILES string of the molecule is C[C@H]1Cc2cc(S(=O)(=O)NCCC(=O)N[C@H]3CCCc4ccccc43)ccc2N1C(=O)C1CC1. The molecule has 1 aliphatic heterocycles. The molecule has 2 N–H and O–H groups in total. The lowest BCUT2D eigenvalue weighted by Gasteiger charge is -2.26. The summed E-state index contributed by atoms with van der Waals surface area (Å²) in [5.74, 6) is 0.0970. The van der Waals surface area contributed by atoms with Crippen molar-refractivity contribution >= 4 is 27.5 Å². The van der Waals surface area contributed by atoms with Gasteiger partial charge in [0, 0.05) is 30.6 Å². The van der Waals surface area contributed by atoms with Crippen molar-refractivity contribution in [2.75, 3.05) is 11.4 Å². The second kappa shape index (κ2) is 9.15. The van der Waals surface area contributed by atoms with E-state index in [-0.39, 0.29) is 47.7 Å². The van der Waals surface area contributed by atoms with Gasteiger partial charge in [0.2, 0.25) is 21.8 Å². The predicted molar refractivity (Wildman–Crippen MR) is 130 cm³/mol. The maximum atomic E-state index is 12.9. The minimum Gasteiger partial charge on any atom is -0.349 e. The van der Waals surface area contributed by atoms with E-state index in [9.17, 15) is 18.0 Å². The largest absolute Gasteiger partial charge is 0.349 e. The van der Waals surface area contributed by atoms with Gasteiger partial charge in [0.1, 0.15) is 0 Å². The number of sulfonamides is 1. The highest BCUT2D eigenvalue weighted by atomic mass is 32.2. The summed E-state index contributed by atoms with van der Waals surface area (Å²) in [7, 11) is -3.75. The molecular weight excluding hydrogens is 450 g/mol. The number of hydrogen-bond acceptors (Lipinski definition) is 4. The van der Waals surface area contributed by atoms with Gasteiger partial charge in [-0.1, -0.05) is 24.3 Å². The van der Waals surface area contributed by atoms with Gasteiger partial charge in [-0.3, -0.25) is 9.59 Å². The molecule has 2 aromatic carbocycles. The Morgan fingerprint density at radius 3 is 2.65 bits per heavy atom. The van der Waals surface area contributed by atoms with Gasteiger partial charge < -0.3 is 10.2 Å². The van der Waals surface area contributed by atoms with E-state index in [2.05, 4.69) is 22.2 Å². The molecule has 1 saturated carbocycles. The molecule has 34 heavy (non-hydrogen) atoms. The smallest absolute Gasteiger partial charge is 0.240 e. The third-order valence-corrected chi connectivity index (χ3v) is 8.55. The van der Waals surface area contributed by atoms with E-state index < -0.39 is 10.0 Å². The lowest BCUT2D eigenvalue weighted by atomic mass is 9.88. The molecule has 180 valence electrons. The quantitative estimate of drug-likeness (QED) is 0.635. The Labute approximate surface area is 201 Å². The maximum absolute atomic E-state index is 12.9. The van der Waals surface area contributed by atoms with Crippen molar-refractivity contribution in [2.24, 2.45) is 5.92 Å². The topological polar surface area (TPSA) is 95.6 Å². The maximum Gasteiger partial charge on any atom is 0.240 e. The zero-order valence-corrected chi connectivity index (χ0v) is 20.2. The number of benzene rings is 2. The molecule has 8 heteroatoms. The Bertz CT molecular complexity index is 1220. The van der Waals surface area contributed by atoms with E-state index in [0.29, 0.717) is 6.42 Å². The van der Waals surface area contributed by atoms with Crippen molar-refractivity contribution in [3.05, 3.63) is 59.2 Å². The van der Waals surface area contributed by atoms with E-state index in [4.69, 9.17) is 0 Å². The van der Waals surface area contributed by atoms with Gasteiger partial charge in [0.05, 0.1) is 10.9 Å². The zero-order chi connectivity index (χ0) is 23.9. The van der Waals surface area contributed by atoms with Gasteiger partial charge in [-0.25, -0.2) is 13.1 Å². The molecule has 1 fully saturated rings. The molecule has 2 aromatic rings. The molecule has 0 aromatic heterocycles. The van der Waals surface area contributed by atoms with Crippen LogP contribution in [-0.4, -0.2) is 32.8 Å². The summed E-state index contributed by atoms with van der Waals surface area (Å²) in [6, 6.07) is 13.1. The van der Waals surface area contributed by atoms with Crippen LogP contribution in [0.25, 0.3) is 0 Å². The summed E-state index contributed by atoms with van der Waals surface area (Å²) < 4.78 is 28.3. The molecule has 0 bridgehead atoms. The zero-order valence-electron chi connectivity index (χ0n) is 19.4. The summed E-state index contributed by atoms with van der Waals surface area (Å²) in [5, 5.41) is 3.06. The van der Waals surface area contributed by atoms with E-state index >= 15 is 0 Å². The van der Waals surface area contributed by atoms with Crippen LogP contribution in [0.1, 0.15) is 61.8 Å². The van der Waals surface area contributed by atoms with Crippen LogP contribution in [0.5, 0.6) is 0 Å². The first kappa shape index (κ1) is 23.1. The minimum absolute atomic E-state index is 0.0194. The van der Waals surface area contributed by atoms with Crippen LogP contribution >= 0.6 is 0 Å². The van der Waals surface area contributed by atoms with Gasteiger partial charge in [-0.05, 0) is 80.3 Å². The highest BCUT2D eigenvalue weighted by Crippen LogP contribution is 2.39. The Balaban J connectivity index is 1.19. The van der Waals surface area contributed by atoms with Crippen molar-refractivity contribution in [2.45, 2.75) is 68.8 Å². The van der Waals surface area contributed by atoms with Crippen LogP contribution in [0.15, 0.2) is 47.4 Å². The van der Waals surface area contributed by atoms with Gasteiger partial charge in [-0.15, -0.1) is 0 Å². The van der Waals surface area contributed by atoms with Crippen LogP contribution in [0.4, 0.5) is 5.69 Å². The van der Waals surface area contributed by atoms with Gasteiger partial charge in [-0.2, -0.15) is 0 Å². The Morgan fingerprint density at radius 1 is 1.06 bits per heavy atom. The number of carbonyl (C=O) groups is 2. The average Bonchev–Trinajstić information content (AvgIpc) is 3.61. The van der Waals surface area contributed by atoms with E-state index in [1.165, 1.54) is 5.56 Å². The number of hydrogen-bond donors (Lipinski definition) is 2. The minimum atomic E-state index is -3.75. The summed E-state index contributed by atoms with van der Waals surface area (Å²) in [6.07, 6.45) is 5.53. The number of anilines is 1.